The summed E-state index contributed by atoms with van der Waals surface area (Å²) in [5.74, 6) is 0.444. The number of carbonyl (C=O) groups excluding carboxylic acids is 1. The van der Waals surface area contributed by atoms with Gasteiger partial charge >= 0.3 is 0 Å². The number of hydrogen-bond acceptors (Lipinski definition) is 7. The highest BCUT2D eigenvalue weighted by Crippen LogP contribution is 2.29. The number of aromatic nitrogens is 1. The van der Waals surface area contributed by atoms with Gasteiger partial charge in [-0.15, -0.1) is 0 Å². The lowest BCUT2D eigenvalue weighted by Crippen LogP contribution is -2.13. The van der Waals surface area contributed by atoms with Crippen molar-refractivity contribution in [2.24, 2.45) is 0 Å². The number of nitrogens with zero attached hydrogens (tertiary/aromatic N) is 1. The summed E-state index contributed by atoms with van der Waals surface area (Å²) in [5.41, 5.74) is 3.32. The van der Waals surface area contributed by atoms with Gasteiger partial charge in [0.05, 0.1) is 23.3 Å². The lowest BCUT2D eigenvalue weighted by molar-refractivity contribution is -0.103. The summed E-state index contributed by atoms with van der Waals surface area (Å²) in [5, 5.41) is 2.96. The summed E-state index contributed by atoms with van der Waals surface area (Å²) in [6.07, 6.45) is 2.04. The molecule has 0 aliphatic heterocycles. The third-order valence-corrected chi connectivity index (χ3v) is 6.22. The van der Waals surface area contributed by atoms with E-state index in [1.807, 2.05) is 31.2 Å². The Hall–Kier alpha value is -4.11. The van der Waals surface area contributed by atoms with Crippen molar-refractivity contribution in [2.75, 3.05) is 17.1 Å². The van der Waals surface area contributed by atoms with Crippen molar-refractivity contribution < 1.29 is 22.4 Å². The van der Waals surface area contributed by atoms with Gasteiger partial charge in [-0.3, -0.25) is 9.52 Å². The largest absolute Gasteiger partial charge is 0.495 e. The standard InChI is InChI=1S/C24H21N3O5S/c1-16-7-9-18(10-8-16)27-33(29,30)19-11-12-20(23(13-19)31-2)25-14-17(15-28)24-26-21-5-3-4-6-22(21)32-24/h3-15,25,27H,1-2H3/b17-14+. The quantitative estimate of drug-likeness (QED) is 0.290. The number of fused-ring (bicyclic) bond motifs is 1. The van der Waals surface area contributed by atoms with Gasteiger partial charge in [-0.05, 0) is 43.3 Å². The third-order valence-electron chi connectivity index (χ3n) is 4.84. The first-order valence-corrected chi connectivity index (χ1v) is 11.4. The molecule has 0 spiro atoms. The Morgan fingerprint density at radius 2 is 1.82 bits per heavy atom. The first-order chi connectivity index (χ1) is 15.9. The zero-order valence-corrected chi connectivity index (χ0v) is 18.7. The first-order valence-electron chi connectivity index (χ1n) is 9.95. The minimum absolute atomic E-state index is 0.0315. The van der Waals surface area contributed by atoms with E-state index in [1.54, 1.807) is 30.3 Å². The molecule has 8 nitrogen and oxygen atoms in total. The minimum atomic E-state index is -3.82. The number of oxazole rings is 1. The number of aldehydes is 1. The van der Waals surface area contributed by atoms with Gasteiger partial charge in [0.1, 0.15) is 11.3 Å². The van der Waals surface area contributed by atoms with Crippen LogP contribution in [-0.4, -0.2) is 26.8 Å². The average molecular weight is 464 g/mol. The smallest absolute Gasteiger partial charge is 0.262 e. The molecule has 0 atom stereocenters. The summed E-state index contributed by atoms with van der Waals surface area (Å²) in [6, 6.07) is 18.6. The molecule has 0 bridgehead atoms. The molecule has 33 heavy (non-hydrogen) atoms. The van der Waals surface area contributed by atoms with Gasteiger partial charge in [-0.2, -0.15) is 0 Å². The van der Waals surface area contributed by atoms with Crippen LogP contribution in [0.5, 0.6) is 5.75 Å². The predicted molar refractivity (Wildman–Crippen MR) is 127 cm³/mol. The third kappa shape index (κ3) is 4.88. The average Bonchev–Trinajstić information content (AvgIpc) is 3.25. The van der Waals surface area contributed by atoms with Crippen LogP contribution in [0.25, 0.3) is 16.7 Å². The predicted octanol–water partition coefficient (Wildman–Crippen LogP) is 4.60. The minimum Gasteiger partial charge on any atom is -0.495 e. The maximum Gasteiger partial charge on any atom is 0.262 e. The second-order valence-electron chi connectivity index (χ2n) is 7.18. The molecule has 1 heterocycles. The van der Waals surface area contributed by atoms with E-state index in [9.17, 15) is 13.2 Å². The van der Waals surface area contributed by atoms with E-state index in [2.05, 4.69) is 15.0 Å². The molecule has 0 unspecified atom stereocenters. The molecule has 2 N–H and O–H groups in total. The highest BCUT2D eigenvalue weighted by Gasteiger charge is 2.17. The van der Waals surface area contributed by atoms with E-state index in [0.717, 1.165) is 5.56 Å². The van der Waals surface area contributed by atoms with Crippen molar-refractivity contribution in [1.29, 1.82) is 0 Å². The fourth-order valence-electron chi connectivity index (χ4n) is 3.09. The molecule has 0 radical (unpaired) electrons. The molecule has 0 saturated carbocycles. The molecule has 3 aromatic carbocycles. The van der Waals surface area contributed by atoms with Crippen LogP contribution in [0.2, 0.25) is 0 Å². The van der Waals surface area contributed by atoms with Crippen LogP contribution in [-0.2, 0) is 14.8 Å². The Balaban J connectivity index is 1.58. The number of rotatable bonds is 8. The Morgan fingerprint density at radius 3 is 2.52 bits per heavy atom. The maximum absolute atomic E-state index is 12.8. The summed E-state index contributed by atoms with van der Waals surface area (Å²) >= 11 is 0. The number of aryl methyl sites for hydroxylation is 1. The van der Waals surface area contributed by atoms with Crippen LogP contribution >= 0.6 is 0 Å². The summed E-state index contributed by atoms with van der Waals surface area (Å²) in [7, 11) is -2.40. The van der Waals surface area contributed by atoms with Crippen LogP contribution in [0.4, 0.5) is 11.4 Å². The van der Waals surface area contributed by atoms with E-state index in [0.29, 0.717) is 28.8 Å². The number of sulfonamides is 1. The molecule has 9 heteroatoms. The fraction of sp³-hybridized carbons (Fsp3) is 0.0833. The molecule has 0 fully saturated rings. The lowest BCUT2D eigenvalue weighted by atomic mass is 10.2. The van der Waals surface area contributed by atoms with Crippen molar-refractivity contribution in [3.8, 4) is 5.75 Å². The number of carbonyl (C=O) groups is 1. The van der Waals surface area contributed by atoms with Crippen LogP contribution in [0, 0.1) is 6.92 Å². The lowest BCUT2D eigenvalue weighted by Gasteiger charge is -2.12. The summed E-state index contributed by atoms with van der Waals surface area (Å²) in [6.45, 7) is 1.92. The van der Waals surface area contributed by atoms with E-state index in [-0.39, 0.29) is 22.1 Å². The van der Waals surface area contributed by atoms with Crippen LogP contribution in [0.3, 0.4) is 0 Å². The van der Waals surface area contributed by atoms with Gasteiger partial charge < -0.3 is 14.5 Å². The Kier molecular flexibility index (Phi) is 6.14. The van der Waals surface area contributed by atoms with Crippen LogP contribution in [0.15, 0.2) is 82.2 Å². The molecule has 4 rings (SSSR count). The second kappa shape index (κ2) is 9.17. The number of para-hydroxylation sites is 2. The number of nitrogens with one attached hydrogen (secondary N) is 2. The molecule has 0 aliphatic rings. The van der Waals surface area contributed by atoms with Gasteiger partial charge in [-0.1, -0.05) is 29.8 Å². The van der Waals surface area contributed by atoms with Gasteiger partial charge in [-0.25, -0.2) is 13.4 Å². The highest BCUT2D eigenvalue weighted by molar-refractivity contribution is 7.92. The molecule has 0 aliphatic carbocycles. The number of ether oxygens (including phenoxy) is 1. The van der Waals surface area contributed by atoms with Crippen LogP contribution < -0.4 is 14.8 Å². The molecule has 168 valence electrons. The number of anilines is 2. The van der Waals surface area contributed by atoms with Crippen molar-refractivity contribution in [2.45, 2.75) is 11.8 Å². The second-order valence-corrected chi connectivity index (χ2v) is 8.86. The molecule has 0 saturated heterocycles. The normalized spacial score (nSPS) is 11.9. The summed E-state index contributed by atoms with van der Waals surface area (Å²) < 4.78 is 39.1. The molecular weight excluding hydrogens is 442 g/mol. The van der Waals surface area contributed by atoms with Crippen molar-refractivity contribution >= 4 is 44.4 Å². The zero-order chi connectivity index (χ0) is 23.4. The Bertz CT molecular complexity index is 1410. The van der Waals surface area contributed by atoms with Crippen molar-refractivity contribution in [3.05, 3.63) is 84.4 Å². The Morgan fingerprint density at radius 1 is 1.06 bits per heavy atom. The highest BCUT2D eigenvalue weighted by atomic mass is 32.2. The Labute approximate surface area is 191 Å². The number of hydrogen-bond donors (Lipinski definition) is 2. The van der Waals surface area contributed by atoms with E-state index >= 15 is 0 Å². The number of benzene rings is 3. The van der Waals surface area contributed by atoms with Gasteiger partial charge in [0, 0.05) is 18.0 Å². The molecule has 0 amide bonds. The van der Waals surface area contributed by atoms with E-state index in [1.165, 1.54) is 25.4 Å². The first kappa shape index (κ1) is 22.1. The van der Waals surface area contributed by atoms with Crippen molar-refractivity contribution in [3.63, 3.8) is 0 Å². The SMILES string of the molecule is COc1cc(S(=O)(=O)Nc2ccc(C)cc2)ccc1N/C=C(\C=O)c1nc2ccccc2o1. The van der Waals surface area contributed by atoms with Crippen molar-refractivity contribution in [1.82, 2.24) is 4.98 Å². The topological polar surface area (TPSA) is 111 Å². The summed E-state index contributed by atoms with van der Waals surface area (Å²) in [4.78, 5) is 15.9. The zero-order valence-electron chi connectivity index (χ0n) is 17.9. The number of methoxy groups -OCH3 is 1. The van der Waals surface area contributed by atoms with E-state index in [4.69, 9.17) is 9.15 Å². The molecular formula is C24H21N3O5S. The fourth-order valence-corrected chi connectivity index (χ4v) is 4.16. The number of allylic oxidation sites excluding steroid dienone is 1. The van der Waals surface area contributed by atoms with Gasteiger partial charge in [0.2, 0.25) is 5.89 Å². The van der Waals surface area contributed by atoms with Gasteiger partial charge in [0.25, 0.3) is 10.0 Å². The maximum atomic E-state index is 12.8. The monoisotopic (exact) mass is 463 g/mol. The molecule has 4 aromatic rings. The van der Waals surface area contributed by atoms with Crippen LogP contribution in [0.1, 0.15) is 11.5 Å². The van der Waals surface area contributed by atoms with E-state index < -0.39 is 10.0 Å². The molecule has 1 aromatic heterocycles. The van der Waals surface area contributed by atoms with Gasteiger partial charge in [0.15, 0.2) is 11.9 Å².